The van der Waals surface area contributed by atoms with Crippen LogP contribution in [0.15, 0.2) is 32.3 Å². The van der Waals surface area contributed by atoms with Crippen LogP contribution in [0.4, 0.5) is 0 Å². The summed E-state index contributed by atoms with van der Waals surface area (Å²) in [6, 6.07) is 5.46. The fourth-order valence-electron chi connectivity index (χ4n) is 1.70. The summed E-state index contributed by atoms with van der Waals surface area (Å²) in [5, 5.41) is 11.5. The fourth-order valence-corrected chi connectivity index (χ4v) is 2.47. The van der Waals surface area contributed by atoms with Gasteiger partial charge in [0.25, 0.3) is 5.91 Å². The third-order valence-corrected chi connectivity index (χ3v) is 3.97. The Morgan fingerprint density at radius 1 is 1.45 bits per heavy atom. The molecule has 0 radical (unpaired) electrons. The van der Waals surface area contributed by atoms with Crippen molar-refractivity contribution in [1.82, 2.24) is 4.90 Å². The van der Waals surface area contributed by atoms with E-state index in [1.807, 2.05) is 26.0 Å². The molecule has 1 rings (SSSR count). The zero-order valence-corrected chi connectivity index (χ0v) is 14.5. The number of benzene rings is 1. The molecule has 0 aliphatic rings. The number of hydrogen-bond acceptors (Lipinski definition) is 3. The molecule has 110 valence electrons. The zero-order chi connectivity index (χ0) is 15.3. The van der Waals surface area contributed by atoms with Gasteiger partial charge in [-0.2, -0.15) is 0 Å². The average molecular weight is 407 g/mol. The smallest absolute Gasteiger partial charge is 0.255 e. The number of hydrogen-bond donors (Lipinski definition) is 2. The molecule has 0 unspecified atom stereocenters. The van der Waals surface area contributed by atoms with E-state index < -0.39 is 0 Å². The van der Waals surface area contributed by atoms with Crippen molar-refractivity contribution in [1.29, 1.82) is 0 Å². The van der Waals surface area contributed by atoms with Gasteiger partial charge in [0.15, 0.2) is 0 Å². The Morgan fingerprint density at radius 3 is 2.65 bits per heavy atom. The van der Waals surface area contributed by atoms with Gasteiger partial charge < -0.3 is 15.8 Å². The molecule has 1 amide bonds. The zero-order valence-electron chi connectivity index (χ0n) is 11.3. The predicted molar refractivity (Wildman–Crippen MR) is 86.0 cm³/mol. The molecule has 1 aromatic carbocycles. The van der Waals surface area contributed by atoms with Gasteiger partial charge in [0, 0.05) is 28.0 Å². The van der Waals surface area contributed by atoms with Crippen LogP contribution in [-0.4, -0.2) is 34.4 Å². The molecule has 1 aromatic rings. The van der Waals surface area contributed by atoms with E-state index in [1.54, 1.807) is 11.0 Å². The summed E-state index contributed by atoms with van der Waals surface area (Å²) in [6.07, 6.45) is 0.325. The van der Waals surface area contributed by atoms with Crippen molar-refractivity contribution in [2.24, 2.45) is 10.9 Å². The minimum Gasteiger partial charge on any atom is -0.409 e. The molecule has 20 heavy (non-hydrogen) atoms. The van der Waals surface area contributed by atoms with E-state index >= 15 is 0 Å². The number of carbonyl (C=O) groups excluding carboxylic acids is 1. The lowest BCUT2D eigenvalue weighted by Gasteiger charge is -2.27. The molecule has 0 aromatic heterocycles. The van der Waals surface area contributed by atoms with Crippen LogP contribution in [0.1, 0.15) is 30.6 Å². The summed E-state index contributed by atoms with van der Waals surface area (Å²) in [6.45, 7) is 4.25. The third-order valence-electron chi connectivity index (χ3n) is 2.78. The van der Waals surface area contributed by atoms with Crippen LogP contribution in [0.5, 0.6) is 0 Å². The van der Waals surface area contributed by atoms with Crippen molar-refractivity contribution in [3.8, 4) is 0 Å². The van der Waals surface area contributed by atoms with E-state index in [-0.39, 0.29) is 17.8 Å². The number of nitrogens with zero attached hydrogens (tertiary/aromatic N) is 2. The van der Waals surface area contributed by atoms with Crippen molar-refractivity contribution in [2.45, 2.75) is 26.3 Å². The number of amides is 1. The molecule has 0 bridgehead atoms. The van der Waals surface area contributed by atoms with Gasteiger partial charge in [-0.3, -0.25) is 4.79 Å². The molecule has 7 heteroatoms. The highest BCUT2D eigenvalue weighted by molar-refractivity contribution is 9.11. The minimum atomic E-state index is -0.0982. The largest absolute Gasteiger partial charge is 0.409 e. The Kier molecular flexibility index (Phi) is 6.48. The summed E-state index contributed by atoms with van der Waals surface area (Å²) in [5.41, 5.74) is 6.04. The summed E-state index contributed by atoms with van der Waals surface area (Å²) >= 11 is 6.75. The lowest BCUT2D eigenvalue weighted by molar-refractivity contribution is 0.0710. The van der Waals surface area contributed by atoms with Crippen molar-refractivity contribution >= 4 is 43.6 Å². The van der Waals surface area contributed by atoms with Crippen LogP contribution < -0.4 is 5.73 Å². The van der Waals surface area contributed by atoms with Gasteiger partial charge in [-0.15, -0.1) is 0 Å². The first-order chi connectivity index (χ1) is 9.36. The molecule has 0 saturated carbocycles. The summed E-state index contributed by atoms with van der Waals surface area (Å²) < 4.78 is 1.57. The summed E-state index contributed by atoms with van der Waals surface area (Å²) in [5.74, 6) is 0.00988. The number of nitrogens with two attached hydrogens (primary N) is 1. The predicted octanol–water partition coefficient (Wildman–Crippen LogP) is 3.20. The van der Waals surface area contributed by atoms with Gasteiger partial charge in [0.2, 0.25) is 0 Å². The maximum absolute atomic E-state index is 12.6. The van der Waals surface area contributed by atoms with Crippen LogP contribution in [0.3, 0.4) is 0 Å². The Bertz CT molecular complexity index is 518. The van der Waals surface area contributed by atoms with Crippen molar-refractivity contribution in [3.63, 3.8) is 0 Å². The quantitative estimate of drug-likeness (QED) is 0.341. The lowest BCUT2D eigenvalue weighted by Crippen LogP contribution is -2.39. The molecule has 0 heterocycles. The van der Waals surface area contributed by atoms with Crippen LogP contribution >= 0.6 is 31.9 Å². The molecule has 0 saturated heterocycles. The second-order valence-electron chi connectivity index (χ2n) is 4.56. The van der Waals surface area contributed by atoms with Crippen LogP contribution in [-0.2, 0) is 0 Å². The fraction of sp³-hybridized carbons (Fsp3) is 0.385. The maximum atomic E-state index is 12.6. The van der Waals surface area contributed by atoms with Crippen molar-refractivity contribution < 1.29 is 10.0 Å². The first kappa shape index (κ1) is 17.0. The number of carbonyl (C=O) groups is 1. The van der Waals surface area contributed by atoms with Gasteiger partial charge in [0.1, 0.15) is 5.84 Å². The maximum Gasteiger partial charge on any atom is 0.255 e. The standard InChI is InChI=1S/C13H17Br2N3O2/c1-8(2)18(6-5-12(16)17-20)13(19)10-7-9(14)3-4-11(10)15/h3-4,7-8,20H,5-6H2,1-2H3,(H2,16,17). The Morgan fingerprint density at radius 2 is 2.10 bits per heavy atom. The molecule has 0 atom stereocenters. The van der Waals surface area contributed by atoms with Gasteiger partial charge in [-0.1, -0.05) is 21.1 Å². The van der Waals surface area contributed by atoms with Gasteiger partial charge in [-0.05, 0) is 48.0 Å². The van der Waals surface area contributed by atoms with E-state index in [4.69, 9.17) is 10.9 Å². The van der Waals surface area contributed by atoms with E-state index in [2.05, 4.69) is 37.0 Å². The van der Waals surface area contributed by atoms with Crippen LogP contribution in [0.2, 0.25) is 0 Å². The van der Waals surface area contributed by atoms with Crippen LogP contribution in [0.25, 0.3) is 0 Å². The molecular weight excluding hydrogens is 390 g/mol. The summed E-state index contributed by atoms with van der Waals surface area (Å²) in [4.78, 5) is 14.3. The third kappa shape index (κ3) is 4.49. The highest BCUT2D eigenvalue weighted by atomic mass is 79.9. The monoisotopic (exact) mass is 405 g/mol. The van der Waals surface area contributed by atoms with E-state index in [0.717, 1.165) is 8.95 Å². The number of halogens is 2. The molecule has 5 nitrogen and oxygen atoms in total. The van der Waals surface area contributed by atoms with Crippen molar-refractivity contribution in [3.05, 3.63) is 32.7 Å². The Labute approximate surface area is 135 Å². The highest BCUT2D eigenvalue weighted by Gasteiger charge is 2.21. The summed E-state index contributed by atoms with van der Waals surface area (Å²) in [7, 11) is 0. The Hall–Kier alpha value is -1.08. The molecular formula is C13H17Br2N3O2. The van der Waals surface area contributed by atoms with E-state index in [9.17, 15) is 4.79 Å². The average Bonchev–Trinajstić information content (AvgIpc) is 2.40. The SMILES string of the molecule is CC(C)N(CC/C(N)=N/O)C(=O)c1cc(Br)ccc1Br. The first-order valence-electron chi connectivity index (χ1n) is 6.09. The second-order valence-corrected chi connectivity index (χ2v) is 6.33. The Balaban J connectivity index is 2.97. The molecule has 0 spiro atoms. The van der Waals surface area contributed by atoms with E-state index in [1.165, 1.54) is 0 Å². The number of oxime groups is 1. The molecule has 0 aliphatic heterocycles. The normalized spacial score (nSPS) is 11.8. The van der Waals surface area contributed by atoms with Gasteiger partial charge in [-0.25, -0.2) is 0 Å². The molecule has 0 aliphatic carbocycles. The van der Waals surface area contributed by atoms with E-state index in [0.29, 0.717) is 18.5 Å². The van der Waals surface area contributed by atoms with Gasteiger partial charge in [0.05, 0.1) is 5.56 Å². The van der Waals surface area contributed by atoms with Crippen LogP contribution in [0, 0.1) is 0 Å². The minimum absolute atomic E-state index is 0.0138. The highest BCUT2D eigenvalue weighted by Crippen LogP contribution is 2.23. The van der Waals surface area contributed by atoms with Gasteiger partial charge >= 0.3 is 0 Å². The van der Waals surface area contributed by atoms with Crippen molar-refractivity contribution in [2.75, 3.05) is 6.54 Å². The molecule has 0 fully saturated rings. The number of amidine groups is 1. The number of rotatable bonds is 5. The molecule has 3 N–H and O–H groups in total. The first-order valence-corrected chi connectivity index (χ1v) is 7.67. The second kappa shape index (κ2) is 7.64. The lowest BCUT2D eigenvalue weighted by atomic mass is 10.1. The topological polar surface area (TPSA) is 78.9 Å².